The molecule has 1 heterocycles. The molecule has 1 N–H and O–H groups in total. The first-order valence-electron chi connectivity index (χ1n) is 6.27. The lowest BCUT2D eigenvalue weighted by Gasteiger charge is -2.27. The molecule has 0 saturated carbocycles. The quantitative estimate of drug-likeness (QED) is 0.898. The van der Waals surface area contributed by atoms with Gasteiger partial charge in [0.2, 0.25) is 0 Å². The Morgan fingerprint density at radius 1 is 1.16 bits per heavy atom. The van der Waals surface area contributed by atoms with Crippen molar-refractivity contribution < 1.29 is 0 Å². The number of aryl methyl sites for hydroxylation is 1. The highest BCUT2D eigenvalue weighted by molar-refractivity contribution is 6.33. The second-order valence-electron chi connectivity index (χ2n) is 4.66. The summed E-state index contributed by atoms with van der Waals surface area (Å²) in [4.78, 5) is 0. The van der Waals surface area contributed by atoms with Crippen molar-refractivity contribution in [1.82, 2.24) is 10.2 Å². The third kappa shape index (κ3) is 2.67. The molecule has 1 aliphatic carbocycles. The fourth-order valence-electron chi connectivity index (χ4n) is 2.55. The zero-order chi connectivity index (χ0) is 13.2. The minimum Gasteiger partial charge on any atom is -0.376 e. The number of hydrogen-bond acceptors (Lipinski definition) is 3. The van der Waals surface area contributed by atoms with Gasteiger partial charge in [-0.2, -0.15) is 0 Å². The van der Waals surface area contributed by atoms with Crippen molar-refractivity contribution in [3.63, 3.8) is 0 Å². The molecule has 3 nitrogen and oxygen atoms in total. The molecule has 1 unspecified atom stereocenters. The van der Waals surface area contributed by atoms with Crippen molar-refractivity contribution >= 4 is 28.9 Å². The predicted octanol–water partition coefficient (Wildman–Crippen LogP) is 4.27. The molecule has 0 amide bonds. The maximum atomic E-state index is 6.05. The van der Waals surface area contributed by atoms with Crippen LogP contribution in [0.25, 0.3) is 0 Å². The highest BCUT2D eigenvalue weighted by atomic mass is 35.5. The molecule has 0 spiro atoms. The molecular weight excluding hydrogens is 281 g/mol. The van der Waals surface area contributed by atoms with Gasteiger partial charge in [0.25, 0.3) is 0 Å². The molecule has 0 saturated heterocycles. The van der Waals surface area contributed by atoms with Gasteiger partial charge in [0, 0.05) is 6.07 Å². The number of nitrogens with one attached hydrogen (secondary N) is 1. The standard InChI is InChI=1S/C14H13Cl2N3/c15-13-8-12(14(16)19-18-13)17-11-7-3-5-9-4-1-2-6-10(9)11/h1-2,4,6,8,11H,3,5,7H2,(H,17,18). The lowest BCUT2D eigenvalue weighted by atomic mass is 9.87. The smallest absolute Gasteiger partial charge is 0.174 e. The van der Waals surface area contributed by atoms with Crippen LogP contribution in [0.15, 0.2) is 30.3 Å². The minimum absolute atomic E-state index is 0.253. The van der Waals surface area contributed by atoms with Crippen molar-refractivity contribution in [2.45, 2.75) is 25.3 Å². The van der Waals surface area contributed by atoms with Crippen LogP contribution in [0.4, 0.5) is 5.69 Å². The highest BCUT2D eigenvalue weighted by Crippen LogP contribution is 2.34. The normalized spacial score (nSPS) is 17.9. The summed E-state index contributed by atoms with van der Waals surface area (Å²) in [5.41, 5.74) is 3.47. The highest BCUT2D eigenvalue weighted by Gasteiger charge is 2.20. The summed E-state index contributed by atoms with van der Waals surface area (Å²) in [6, 6.07) is 10.5. The lowest BCUT2D eigenvalue weighted by Crippen LogP contribution is -2.17. The van der Waals surface area contributed by atoms with Gasteiger partial charge >= 0.3 is 0 Å². The first kappa shape index (κ1) is 12.7. The number of anilines is 1. The maximum Gasteiger partial charge on any atom is 0.174 e. The number of nitrogens with zero attached hydrogens (tertiary/aromatic N) is 2. The van der Waals surface area contributed by atoms with E-state index in [1.165, 1.54) is 17.5 Å². The number of halogens is 2. The van der Waals surface area contributed by atoms with Gasteiger partial charge in [-0.3, -0.25) is 0 Å². The number of fused-ring (bicyclic) bond motifs is 1. The molecule has 2 aromatic rings. The SMILES string of the molecule is Clc1cc(NC2CCCc3ccccc32)c(Cl)nn1. The monoisotopic (exact) mass is 293 g/mol. The van der Waals surface area contributed by atoms with Gasteiger partial charge in [0.15, 0.2) is 10.3 Å². The Balaban J connectivity index is 1.90. The summed E-state index contributed by atoms with van der Waals surface area (Å²) >= 11 is 11.9. The van der Waals surface area contributed by atoms with Gasteiger partial charge in [0.1, 0.15) is 0 Å². The summed E-state index contributed by atoms with van der Waals surface area (Å²) in [5.74, 6) is 0. The Hall–Kier alpha value is -1.32. The number of benzene rings is 1. The Kier molecular flexibility index (Phi) is 3.58. The molecule has 98 valence electrons. The molecule has 0 fully saturated rings. The van der Waals surface area contributed by atoms with Crippen LogP contribution in [0.5, 0.6) is 0 Å². The van der Waals surface area contributed by atoms with E-state index in [2.05, 4.69) is 39.8 Å². The van der Waals surface area contributed by atoms with Crippen LogP contribution in [0.1, 0.15) is 30.0 Å². The van der Waals surface area contributed by atoms with E-state index in [9.17, 15) is 0 Å². The third-order valence-corrected chi connectivity index (χ3v) is 3.88. The Morgan fingerprint density at radius 3 is 2.89 bits per heavy atom. The van der Waals surface area contributed by atoms with Gasteiger partial charge in [-0.25, -0.2) is 0 Å². The van der Waals surface area contributed by atoms with Crippen LogP contribution in [-0.2, 0) is 6.42 Å². The van der Waals surface area contributed by atoms with Crippen LogP contribution >= 0.6 is 23.2 Å². The zero-order valence-corrected chi connectivity index (χ0v) is 11.7. The van der Waals surface area contributed by atoms with Crippen molar-refractivity contribution in [3.8, 4) is 0 Å². The molecule has 1 atom stereocenters. The topological polar surface area (TPSA) is 37.8 Å². The van der Waals surface area contributed by atoms with E-state index in [1.807, 2.05) is 0 Å². The third-order valence-electron chi connectivity index (χ3n) is 3.42. The van der Waals surface area contributed by atoms with E-state index in [0.29, 0.717) is 10.3 Å². The molecule has 1 aliphatic rings. The first-order valence-corrected chi connectivity index (χ1v) is 7.02. The van der Waals surface area contributed by atoms with Crippen molar-refractivity contribution in [2.75, 3.05) is 5.32 Å². The summed E-state index contributed by atoms with van der Waals surface area (Å²) in [6.45, 7) is 0. The van der Waals surface area contributed by atoms with Gasteiger partial charge in [-0.05, 0) is 30.4 Å². The fourth-order valence-corrected chi connectivity index (χ4v) is 2.84. The molecule has 0 bridgehead atoms. The Bertz CT molecular complexity index is 601. The molecule has 3 rings (SSSR count). The van der Waals surface area contributed by atoms with Gasteiger partial charge in [-0.1, -0.05) is 47.5 Å². The fraction of sp³-hybridized carbons (Fsp3) is 0.286. The summed E-state index contributed by atoms with van der Waals surface area (Å²) in [7, 11) is 0. The molecule has 5 heteroatoms. The maximum absolute atomic E-state index is 6.05. The van der Waals surface area contributed by atoms with E-state index in [0.717, 1.165) is 18.5 Å². The molecule has 19 heavy (non-hydrogen) atoms. The number of aromatic nitrogens is 2. The van der Waals surface area contributed by atoms with E-state index < -0.39 is 0 Å². The zero-order valence-electron chi connectivity index (χ0n) is 10.2. The molecule has 0 aliphatic heterocycles. The van der Waals surface area contributed by atoms with Crippen LogP contribution in [0.2, 0.25) is 10.3 Å². The van der Waals surface area contributed by atoms with E-state index in [4.69, 9.17) is 23.2 Å². The van der Waals surface area contributed by atoms with Gasteiger partial charge in [-0.15, -0.1) is 10.2 Å². The van der Waals surface area contributed by atoms with Crippen LogP contribution in [0, 0.1) is 0 Å². The molecule has 1 aromatic heterocycles. The second kappa shape index (κ2) is 5.35. The van der Waals surface area contributed by atoms with E-state index in [-0.39, 0.29) is 6.04 Å². The Morgan fingerprint density at radius 2 is 2.00 bits per heavy atom. The van der Waals surface area contributed by atoms with Gasteiger partial charge < -0.3 is 5.32 Å². The average Bonchev–Trinajstić information content (AvgIpc) is 2.43. The summed E-state index contributed by atoms with van der Waals surface area (Å²) < 4.78 is 0. The minimum atomic E-state index is 0.253. The number of hydrogen-bond donors (Lipinski definition) is 1. The lowest BCUT2D eigenvalue weighted by molar-refractivity contribution is 0.600. The number of rotatable bonds is 2. The molecular formula is C14H13Cl2N3. The first-order chi connectivity index (χ1) is 9.24. The molecule has 1 aromatic carbocycles. The Labute approximate surface area is 122 Å². The van der Waals surface area contributed by atoms with Gasteiger partial charge in [0.05, 0.1) is 11.7 Å². The summed E-state index contributed by atoms with van der Waals surface area (Å²) in [6.07, 6.45) is 3.38. The van der Waals surface area contributed by atoms with Crippen molar-refractivity contribution in [3.05, 3.63) is 51.8 Å². The van der Waals surface area contributed by atoms with Crippen molar-refractivity contribution in [1.29, 1.82) is 0 Å². The predicted molar refractivity (Wildman–Crippen MR) is 77.8 cm³/mol. The summed E-state index contributed by atoms with van der Waals surface area (Å²) in [5, 5.41) is 11.7. The van der Waals surface area contributed by atoms with Crippen molar-refractivity contribution in [2.24, 2.45) is 0 Å². The average molecular weight is 294 g/mol. The van der Waals surface area contributed by atoms with Crippen LogP contribution in [0.3, 0.4) is 0 Å². The van der Waals surface area contributed by atoms with Crippen LogP contribution < -0.4 is 5.32 Å². The van der Waals surface area contributed by atoms with Crippen LogP contribution in [-0.4, -0.2) is 10.2 Å². The largest absolute Gasteiger partial charge is 0.376 e. The van der Waals surface area contributed by atoms with E-state index >= 15 is 0 Å². The molecule has 0 radical (unpaired) electrons. The second-order valence-corrected chi connectivity index (χ2v) is 5.40. The van der Waals surface area contributed by atoms with E-state index in [1.54, 1.807) is 6.07 Å².